The van der Waals surface area contributed by atoms with Gasteiger partial charge in [0, 0.05) is 66.7 Å². The second-order valence-corrected chi connectivity index (χ2v) is 36.5. The smallest absolute Gasteiger partial charge is 0.0713 e. The Balaban J connectivity index is 0.506. The minimum Gasteiger partial charge on any atom is -0.311 e. The summed E-state index contributed by atoms with van der Waals surface area (Å²) in [5.41, 5.74) is 41.3. The van der Waals surface area contributed by atoms with Crippen molar-refractivity contribution in [1.29, 1.82) is 0 Å². The summed E-state index contributed by atoms with van der Waals surface area (Å²) in [5.74, 6) is 0. The Morgan fingerprint density at radius 2 is 0.460 bits per heavy atom. The van der Waals surface area contributed by atoms with Crippen LogP contribution in [0.2, 0.25) is 0 Å². The van der Waals surface area contributed by atoms with Crippen molar-refractivity contribution in [2.45, 2.75) is 5.41 Å². The van der Waals surface area contributed by atoms with E-state index in [-0.39, 0.29) is 0 Å². The molecular formula is C135H90N4. The Bertz CT molecular complexity index is 8930. The molecule has 650 valence electrons. The molecule has 0 unspecified atom stereocenters. The van der Waals surface area contributed by atoms with Gasteiger partial charge in [-0.25, -0.2) is 0 Å². The number of rotatable bonds is 19. The van der Waals surface area contributed by atoms with Crippen molar-refractivity contribution < 1.29 is 0 Å². The predicted octanol–water partition coefficient (Wildman–Crippen LogP) is 36.5. The second kappa shape index (κ2) is 34.4. The lowest BCUT2D eigenvalue weighted by molar-refractivity contribution is 0.768. The number of hydrogen-bond acceptors (Lipinski definition) is 2. The second-order valence-electron chi connectivity index (χ2n) is 36.5. The van der Waals surface area contributed by atoms with Crippen molar-refractivity contribution in [3.05, 3.63) is 568 Å². The van der Waals surface area contributed by atoms with E-state index in [4.69, 9.17) is 0 Å². The topological polar surface area (TPSA) is 16.3 Å². The molecule has 0 fully saturated rings. The van der Waals surface area contributed by atoms with Gasteiger partial charge in [0.05, 0.1) is 44.5 Å². The molecule has 2 aromatic heterocycles. The summed E-state index contributed by atoms with van der Waals surface area (Å²) in [7, 11) is 0. The highest BCUT2D eigenvalue weighted by Crippen LogP contribution is 2.59. The summed E-state index contributed by atoms with van der Waals surface area (Å²) in [6.07, 6.45) is 0. The van der Waals surface area contributed by atoms with E-state index in [1.165, 1.54) is 121 Å². The Hall–Kier alpha value is -18.2. The summed E-state index contributed by atoms with van der Waals surface area (Å²) < 4.78 is 4.91. The zero-order chi connectivity index (χ0) is 91.9. The first kappa shape index (κ1) is 81.5. The fourth-order valence-corrected chi connectivity index (χ4v) is 22.3. The number of hydrogen-bond donors (Lipinski definition) is 0. The maximum atomic E-state index is 2.49. The fourth-order valence-electron chi connectivity index (χ4n) is 22.3. The van der Waals surface area contributed by atoms with Crippen LogP contribution in [0.25, 0.3) is 188 Å². The normalized spacial score (nSPS) is 12.1. The van der Waals surface area contributed by atoms with Crippen molar-refractivity contribution >= 4 is 99.3 Å². The van der Waals surface area contributed by atoms with Gasteiger partial charge in [0.25, 0.3) is 0 Å². The quantitative estimate of drug-likeness (QED) is 0.0802. The Labute approximate surface area is 808 Å². The van der Waals surface area contributed by atoms with Crippen LogP contribution in [-0.4, -0.2) is 9.13 Å². The van der Waals surface area contributed by atoms with Crippen LogP contribution in [0.15, 0.2) is 546 Å². The van der Waals surface area contributed by atoms with Crippen LogP contribution in [0.3, 0.4) is 0 Å². The first-order valence-corrected chi connectivity index (χ1v) is 48.0. The molecule has 139 heavy (non-hydrogen) atoms. The van der Waals surface area contributed by atoms with E-state index >= 15 is 0 Å². The van der Waals surface area contributed by atoms with E-state index in [2.05, 4.69) is 565 Å². The van der Waals surface area contributed by atoms with Gasteiger partial charge in [-0.1, -0.05) is 413 Å². The molecular weight excluding hydrogens is 1680 g/mol. The van der Waals surface area contributed by atoms with Crippen LogP contribution in [0.4, 0.5) is 34.1 Å². The van der Waals surface area contributed by atoms with Crippen LogP contribution < -0.4 is 9.80 Å². The Morgan fingerprint density at radius 3 is 0.964 bits per heavy atom. The molecule has 0 N–H and O–H groups in total. The molecule has 1 aliphatic carbocycles. The Morgan fingerprint density at radius 1 is 0.158 bits per heavy atom. The van der Waals surface area contributed by atoms with Gasteiger partial charge in [0.1, 0.15) is 0 Å². The van der Waals surface area contributed by atoms with Crippen LogP contribution in [0.5, 0.6) is 0 Å². The maximum absolute atomic E-state index is 2.49. The average Bonchev–Trinajstić information content (AvgIpc) is 1.53. The number of benzene rings is 23. The molecule has 26 rings (SSSR count). The van der Waals surface area contributed by atoms with Crippen LogP contribution >= 0.6 is 0 Å². The van der Waals surface area contributed by atoms with Crippen LogP contribution in [-0.2, 0) is 5.41 Å². The van der Waals surface area contributed by atoms with E-state index in [0.717, 1.165) is 123 Å². The van der Waals surface area contributed by atoms with Gasteiger partial charge >= 0.3 is 0 Å². The number of nitrogens with zero attached hydrogens (tertiary/aromatic N) is 4. The zero-order valence-corrected chi connectivity index (χ0v) is 76.3. The lowest BCUT2D eigenvalue weighted by Gasteiger charge is -2.34. The number of anilines is 6. The van der Waals surface area contributed by atoms with Gasteiger partial charge in [0.15, 0.2) is 0 Å². The maximum Gasteiger partial charge on any atom is 0.0713 e. The third-order valence-electron chi connectivity index (χ3n) is 28.8. The SMILES string of the molecule is c1ccc(-c2ccccc2N(c2ccc(-c3cccc(-c4ccc5cc(-c6ccc7c8ccccc8n(-c8ccccc8-c8ccc(N(c9ccc(-c%10cccc(-c%11ccc%12ccccc%12c%11)c%10)cc9)c9ccc(-c%10cccc%11c%10-c%10ccccc%10C%11(c%10ccccc%10)c%10ccccc%10)cc9)cc8)c7c6)ccc5c4)c3)cc2)c2ccc(-c3ccccc3-n3c4ccccc4c4ccccc43)cc2)cc1. The molecule has 25 aromatic rings. The van der Waals surface area contributed by atoms with Gasteiger partial charge in [0.2, 0.25) is 0 Å². The standard InChI is InChI=1S/C135H90N4/c1-4-30-94(31-5-1)116-41-13-20-51-127(116)137(115-82-69-96(70-83-115)117-42-14-21-52-128(117)138-130-54-23-16-44-120(130)121-45-17-24-55-131(121)138)114-76-65-93(66-77-114)100-34-27-36-102(86-100)104-59-60-106-89-107(62-61-105(106)88-104)108-73-84-123-122-46-18-25-56-132(122)139(133(123)90-108)129-53-22-15-43-118(129)95-67-78-112(79-68-95)136(111-74-63-92(64-75-111)99-33-26-35-101(85-99)103-58-57-91-29-10-11-32-98(91)87-103)113-80-71-97(72-81-113)119-48-28-50-126-134(119)124-47-12-19-49-125(124)135(126,109-37-6-2-7-38-109)110-39-8-3-9-40-110/h1-90H. The highest BCUT2D eigenvalue weighted by molar-refractivity contribution is 6.12. The highest BCUT2D eigenvalue weighted by atomic mass is 15.1. The molecule has 1 aliphatic rings. The molecule has 4 nitrogen and oxygen atoms in total. The van der Waals surface area contributed by atoms with Crippen molar-refractivity contribution in [2.24, 2.45) is 0 Å². The van der Waals surface area contributed by atoms with Crippen molar-refractivity contribution in [3.8, 4) is 123 Å². The first-order valence-electron chi connectivity index (χ1n) is 48.0. The summed E-state index contributed by atoms with van der Waals surface area (Å²) in [6, 6.07) is 202. The fraction of sp³-hybridized carbons (Fsp3) is 0.00741. The molecule has 2 heterocycles. The minimum atomic E-state index is -0.508. The van der Waals surface area contributed by atoms with E-state index in [0.29, 0.717) is 0 Å². The summed E-state index contributed by atoms with van der Waals surface area (Å²) in [6.45, 7) is 0. The number of fused-ring (bicyclic) bond motifs is 11. The van der Waals surface area contributed by atoms with E-state index in [1.54, 1.807) is 0 Å². The average molecular weight is 1770 g/mol. The lowest BCUT2D eigenvalue weighted by Crippen LogP contribution is -2.28. The highest BCUT2D eigenvalue weighted by Gasteiger charge is 2.47. The van der Waals surface area contributed by atoms with Crippen molar-refractivity contribution in [2.75, 3.05) is 9.80 Å². The molecule has 23 aromatic carbocycles. The first-order chi connectivity index (χ1) is 68.9. The third-order valence-corrected chi connectivity index (χ3v) is 28.8. The number of aromatic nitrogens is 2. The van der Waals surface area contributed by atoms with E-state index in [1.807, 2.05) is 0 Å². The van der Waals surface area contributed by atoms with E-state index < -0.39 is 5.41 Å². The molecule has 0 amide bonds. The van der Waals surface area contributed by atoms with Gasteiger partial charge in [-0.05, 0) is 272 Å². The molecule has 0 aliphatic heterocycles. The largest absolute Gasteiger partial charge is 0.311 e. The molecule has 0 saturated carbocycles. The predicted molar refractivity (Wildman–Crippen MR) is 586 cm³/mol. The van der Waals surface area contributed by atoms with Gasteiger partial charge in [-0.2, -0.15) is 0 Å². The van der Waals surface area contributed by atoms with Gasteiger partial charge in [-0.3, -0.25) is 0 Å². The summed E-state index contributed by atoms with van der Waals surface area (Å²) >= 11 is 0. The molecule has 0 radical (unpaired) electrons. The number of para-hydroxylation sites is 6. The molecule has 0 bridgehead atoms. The molecule has 4 heteroatoms. The van der Waals surface area contributed by atoms with E-state index in [9.17, 15) is 0 Å². The summed E-state index contributed by atoms with van der Waals surface area (Å²) in [5, 5.41) is 9.75. The monoisotopic (exact) mass is 1770 g/mol. The summed E-state index contributed by atoms with van der Waals surface area (Å²) in [4.78, 5) is 4.81. The lowest BCUT2D eigenvalue weighted by atomic mass is 9.67. The van der Waals surface area contributed by atoms with Gasteiger partial charge in [-0.15, -0.1) is 0 Å². The minimum absolute atomic E-state index is 0.508. The van der Waals surface area contributed by atoms with Crippen molar-refractivity contribution in [1.82, 2.24) is 9.13 Å². The van der Waals surface area contributed by atoms with Crippen LogP contribution in [0.1, 0.15) is 22.3 Å². The van der Waals surface area contributed by atoms with Crippen molar-refractivity contribution in [3.63, 3.8) is 0 Å². The zero-order valence-electron chi connectivity index (χ0n) is 76.3. The van der Waals surface area contributed by atoms with Gasteiger partial charge < -0.3 is 18.9 Å². The third kappa shape index (κ3) is 14.2. The molecule has 0 saturated heterocycles. The molecule has 0 atom stereocenters. The van der Waals surface area contributed by atoms with Crippen LogP contribution in [0, 0.1) is 0 Å². The molecule has 0 spiro atoms. The Kier molecular flexibility index (Phi) is 20.2.